The van der Waals surface area contributed by atoms with Gasteiger partial charge in [-0.3, -0.25) is 19.8 Å². The zero-order chi connectivity index (χ0) is 15.4. The number of hydrogen-bond acceptors (Lipinski definition) is 4. The van der Waals surface area contributed by atoms with Crippen LogP contribution in [0.5, 0.6) is 0 Å². The lowest BCUT2D eigenvalue weighted by molar-refractivity contribution is -0.385. The van der Waals surface area contributed by atoms with Crippen molar-refractivity contribution in [2.24, 2.45) is 5.92 Å². The van der Waals surface area contributed by atoms with Crippen molar-refractivity contribution in [3.8, 4) is 0 Å². The third kappa shape index (κ3) is 4.01. The number of nitro benzene ring substituents is 1. The van der Waals surface area contributed by atoms with E-state index < -0.39 is 5.97 Å². The molecule has 0 saturated carbocycles. The predicted molar refractivity (Wildman–Crippen MR) is 78.1 cm³/mol. The van der Waals surface area contributed by atoms with Crippen molar-refractivity contribution in [1.29, 1.82) is 0 Å². The third-order valence-corrected chi connectivity index (χ3v) is 4.22. The fourth-order valence-corrected chi connectivity index (χ4v) is 2.90. The summed E-state index contributed by atoms with van der Waals surface area (Å²) in [6.45, 7) is 3.71. The summed E-state index contributed by atoms with van der Waals surface area (Å²) in [7, 11) is 0. The number of nitro groups is 1. The lowest BCUT2D eigenvalue weighted by Crippen LogP contribution is -2.36. The number of likely N-dealkylation sites (tertiary alicyclic amines) is 1. The first-order chi connectivity index (χ1) is 9.97. The van der Waals surface area contributed by atoms with Crippen LogP contribution in [-0.2, 0) is 4.79 Å². The maximum absolute atomic E-state index is 10.8. The number of hydrogen-bond donors (Lipinski definition) is 1. The van der Waals surface area contributed by atoms with Crippen molar-refractivity contribution in [3.63, 3.8) is 0 Å². The first-order valence-corrected chi connectivity index (χ1v) is 7.17. The zero-order valence-corrected chi connectivity index (χ0v) is 12.1. The minimum Gasteiger partial charge on any atom is -0.481 e. The summed E-state index contributed by atoms with van der Waals surface area (Å²) < 4.78 is 0. The molecule has 0 aromatic heterocycles. The molecule has 0 aliphatic carbocycles. The van der Waals surface area contributed by atoms with Gasteiger partial charge in [0.2, 0.25) is 0 Å². The molecule has 1 heterocycles. The Morgan fingerprint density at radius 3 is 2.71 bits per heavy atom. The molecule has 0 bridgehead atoms. The molecule has 21 heavy (non-hydrogen) atoms. The number of carboxylic acid groups (broad SMARTS) is 1. The van der Waals surface area contributed by atoms with E-state index in [1.54, 1.807) is 12.1 Å². The van der Waals surface area contributed by atoms with Gasteiger partial charge in [0.15, 0.2) is 0 Å². The van der Waals surface area contributed by atoms with Crippen molar-refractivity contribution in [3.05, 3.63) is 39.9 Å². The summed E-state index contributed by atoms with van der Waals surface area (Å²) in [4.78, 5) is 23.4. The SMILES string of the molecule is CC(c1cccc([N+](=O)[O-])c1)N1CCC(CC(=O)O)CC1. The van der Waals surface area contributed by atoms with E-state index in [9.17, 15) is 14.9 Å². The molecule has 0 spiro atoms. The average molecular weight is 292 g/mol. The maximum Gasteiger partial charge on any atom is 0.303 e. The first kappa shape index (κ1) is 15.4. The van der Waals surface area contributed by atoms with Gasteiger partial charge in [-0.15, -0.1) is 0 Å². The number of non-ortho nitro benzene ring substituents is 1. The molecule has 1 aliphatic rings. The fraction of sp³-hybridized carbons (Fsp3) is 0.533. The van der Waals surface area contributed by atoms with Crippen LogP contribution in [0.4, 0.5) is 5.69 Å². The highest BCUT2D eigenvalue weighted by atomic mass is 16.6. The van der Waals surface area contributed by atoms with Gasteiger partial charge in [-0.25, -0.2) is 0 Å². The van der Waals surface area contributed by atoms with Crippen molar-refractivity contribution >= 4 is 11.7 Å². The number of nitrogens with zero attached hydrogens (tertiary/aromatic N) is 2. The van der Waals surface area contributed by atoms with E-state index in [1.807, 2.05) is 13.0 Å². The lowest BCUT2D eigenvalue weighted by Gasteiger charge is -2.35. The molecular formula is C15H20N2O4. The molecular weight excluding hydrogens is 272 g/mol. The van der Waals surface area contributed by atoms with Gasteiger partial charge in [0.05, 0.1) is 4.92 Å². The standard InChI is InChI=1S/C15H20N2O4/c1-11(13-3-2-4-14(10-13)17(20)21)16-7-5-12(6-8-16)9-15(18)19/h2-4,10-12H,5-9H2,1H3,(H,18,19). The van der Waals surface area contributed by atoms with E-state index in [2.05, 4.69) is 4.90 Å². The van der Waals surface area contributed by atoms with Crippen LogP contribution in [0.3, 0.4) is 0 Å². The van der Waals surface area contributed by atoms with Crippen LogP contribution < -0.4 is 0 Å². The van der Waals surface area contributed by atoms with Crippen molar-refractivity contribution < 1.29 is 14.8 Å². The van der Waals surface area contributed by atoms with Crippen molar-refractivity contribution in [1.82, 2.24) is 4.90 Å². The summed E-state index contributed by atoms with van der Waals surface area (Å²) in [5.74, 6) is -0.490. The molecule has 114 valence electrons. The molecule has 0 amide bonds. The number of carbonyl (C=O) groups is 1. The van der Waals surface area contributed by atoms with Crippen LogP contribution >= 0.6 is 0 Å². The third-order valence-electron chi connectivity index (χ3n) is 4.22. The molecule has 1 aromatic rings. The summed E-state index contributed by atoms with van der Waals surface area (Å²) in [6, 6.07) is 6.83. The lowest BCUT2D eigenvalue weighted by atomic mass is 9.92. The minimum atomic E-state index is -0.736. The highest BCUT2D eigenvalue weighted by molar-refractivity contribution is 5.67. The molecule has 2 rings (SSSR count). The molecule has 0 radical (unpaired) electrons. The molecule has 1 N–H and O–H groups in total. The Kier molecular flexibility index (Phi) is 4.90. The van der Waals surface area contributed by atoms with E-state index >= 15 is 0 Å². The largest absolute Gasteiger partial charge is 0.481 e. The van der Waals surface area contributed by atoms with E-state index in [-0.39, 0.29) is 29.0 Å². The Labute approximate surface area is 123 Å². The molecule has 1 fully saturated rings. The fourth-order valence-electron chi connectivity index (χ4n) is 2.90. The van der Waals surface area contributed by atoms with Gasteiger partial charge < -0.3 is 5.11 Å². The van der Waals surface area contributed by atoms with Gasteiger partial charge in [0, 0.05) is 24.6 Å². The average Bonchev–Trinajstić information content (AvgIpc) is 2.47. The van der Waals surface area contributed by atoms with Crippen LogP contribution in [0.2, 0.25) is 0 Å². The molecule has 1 saturated heterocycles. The van der Waals surface area contributed by atoms with E-state index in [0.717, 1.165) is 31.5 Å². The highest BCUT2D eigenvalue weighted by Crippen LogP contribution is 2.29. The number of rotatable bonds is 5. The quantitative estimate of drug-likeness (QED) is 0.666. The van der Waals surface area contributed by atoms with Crippen molar-refractivity contribution in [2.45, 2.75) is 32.2 Å². The normalized spacial score (nSPS) is 18.3. The van der Waals surface area contributed by atoms with Crippen LogP contribution in [0.1, 0.15) is 37.8 Å². The Morgan fingerprint density at radius 1 is 1.48 bits per heavy atom. The Balaban J connectivity index is 1.98. The minimum absolute atomic E-state index is 0.107. The maximum atomic E-state index is 10.8. The number of carboxylic acids is 1. The molecule has 1 aromatic carbocycles. The smallest absolute Gasteiger partial charge is 0.303 e. The highest BCUT2D eigenvalue weighted by Gasteiger charge is 2.25. The van der Waals surface area contributed by atoms with E-state index in [1.165, 1.54) is 6.07 Å². The Bertz CT molecular complexity index is 524. The van der Waals surface area contributed by atoms with E-state index in [4.69, 9.17) is 5.11 Å². The first-order valence-electron chi connectivity index (χ1n) is 7.17. The van der Waals surface area contributed by atoms with Gasteiger partial charge in [-0.2, -0.15) is 0 Å². The second-order valence-corrected chi connectivity index (χ2v) is 5.61. The van der Waals surface area contributed by atoms with E-state index in [0.29, 0.717) is 0 Å². The predicted octanol–water partition coefficient (Wildman–Crippen LogP) is 2.84. The second kappa shape index (κ2) is 6.67. The number of aliphatic carboxylic acids is 1. The van der Waals surface area contributed by atoms with Crippen LogP contribution in [0.25, 0.3) is 0 Å². The summed E-state index contributed by atoms with van der Waals surface area (Å²) in [5, 5.41) is 19.7. The zero-order valence-electron chi connectivity index (χ0n) is 12.1. The number of piperidine rings is 1. The monoisotopic (exact) mass is 292 g/mol. The second-order valence-electron chi connectivity index (χ2n) is 5.61. The van der Waals surface area contributed by atoms with Gasteiger partial charge in [0.1, 0.15) is 0 Å². The Morgan fingerprint density at radius 2 is 2.14 bits per heavy atom. The molecule has 6 heteroatoms. The van der Waals surface area contributed by atoms with Gasteiger partial charge in [-0.05, 0) is 44.3 Å². The molecule has 1 aliphatic heterocycles. The molecule has 1 atom stereocenters. The summed E-state index contributed by atoms with van der Waals surface area (Å²) >= 11 is 0. The summed E-state index contributed by atoms with van der Waals surface area (Å²) in [5.41, 5.74) is 1.04. The van der Waals surface area contributed by atoms with Crippen LogP contribution in [-0.4, -0.2) is 34.0 Å². The Hall–Kier alpha value is -1.95. The van der Waals surface area contributed by atoms with Gasteiger partial charge in [-0.1, -0.05) is 12.1 Å². The van der Waals surface area contributed by atoms with Crippen LogP contribution in [0, 0.1) is 16.0 Å². The number of benzene rings is 1. The molecule has 6 nitrogen and oxygen atoms in total. The van der Waals surface area contributed by atoms with Gasteiger partial charge in [0.25, 0.3) is 5.69 Å². The summed E-state index contributed by atoms with van der Waals surface area (Å²) in [6.07, 6.45) is 1.97. The van der Waals surface area contributed by atoms with Gasteiger partial charge >= 0.3 is 5.97 Å². The molecule has 1 unspecified atom stereocenters. The topological polar surface area (TPSA) is 83.7 Å². The van der Waals surface area contributed by atoms with Crippen LogP contribution in [0.15, 0.2) is 24.3 Å². The van der Waals surface area contributed by atoms with Crippen molar-refractivity contribution in [2.75, 3.05) is 13.1 Å².